The third-order valence-electron chi connectivity index (χ3n) is 4.22. The summed E-state index contributed by atoms with van der Waals surface area (Å²) in [6, 6.07) is 14.6. The second kappa shape index (κ2) is 9.38. The van der Waals surface area contributed by atoms with E-state index in [4.69, 9.17) is 19.3 Å². The molecule has 0 saturated heterocycles. The number of alkyl halides is 3. The number of aliphatic carboxylic acids is 1. The van der Waals surface area contributed by atoms with Crippen LogP contribution in [0.25, 0.3) is 11.3 Å². The van der Waals surface area contributed by atoms with Gasteiger partial charge in [-0.2, -0.15) is 13.2 Å². The minimum atomic E-state index is -4.40. The van der Waals surface area contributed by atoms with Crippen LogP contribution >= 0.6 is 0 Å². The Kier molecular flexibility index (Phi) is 6.64. The first-order valence-electron chi connectivity index (χ1n) is 9.05. The van der Waals surface area contributed by atoms with Crippen molar-refractivity contribution >= 4 is 5.97 Å². The number of hydrogen-bond acceptors (Lipinski definition) is 5. The summed E-state index contributed by atoms with van der Waals surface area (Å²) in [4.78, 5) is 14.9. The van der Waals surface area contributed by atoms with Gasteiger partial charge in [-0.15, -0.1) is 0 Å². The topological polar surface area (TPSA) is 77.9 Å². The van der Waals surface area contributed by atoms with Crippen molar-refractivity contribution in [2.24, 2.45) is 0 Å². The minimum Gasteiger partial charge on any atom is -0.489 e. The first-order chi connectivity index (χ1) is 14.8. The number of hydrogen-bond donors (Lipinski definition) is 1. The molecule has 9 heteroatoms. The van der Waals surface area contributed by atoms with Crippen molar-refractivity contribution in [2.45, 2.75) is 12.8 Å². The summed E-state index contributed by atoms with van der Waals surface area (Å²) in [6.07, 6.45) is -4.40. The van der Waals surface area contributed by atoms with Crippen LogP contribution in [0.4, 0.5) is 13.2 Å². The van der Waals surface area contributed by atoms with Gasteiger partial charge in [-0.25, -0.2) is 9.78 Å². The van der Waals surface area contributed by atoms with E-state index in [1.54, 1.807) is 36.4 Å². The molecule has 0 unspecified atom stereocenters. The normalized spacial score (nSPS) is 11.1. The highest BCUT2D eigenvalue weighted by Crippen LogP contribution is 2.31. The van der Waals surface area contributed by atoms with Gasteiger partial charge in [-0.05, 0) is 48.5 Å². The number of nitrogens with zero attached hydrogens (tertiary/aromatic N) is 1. The zero-order valence-corrected chi connectivity index (χ0v) is 16.3. The van der Waals surface area contributed by atoms with Crippen molar-refractivity contribution in [2.75, 3.05) is 13.7 Å². The number of ether oxygens (including phenoxy) is 3. The number of carboxylic acids is 1. The van der Waals surface area contributed by atoms with Crippen LogP contribution in [0.2, 0.25) is 0 Å². The molecule has 0 atom stereocenters. The predicted octanol–water partition coefficient (Wildman–Crippen LogP) is 4.82. The van der Waals surface area contributed by atoms with Crippen molar-refractivity contribution < 1.29 is 37.3 Å². The van der Waals surface area contributed by atoms with Gasteiger partial charge >= 0.3 is 12.1 Å². The molecule has 2 aromatic carbocycles. The number of aromatic nitrogens is 1. The number of carbonyl (C=O) groups is 1. The molecule has 0 aliphatic heterocycles. The van der Waals surface area contributed by atoms with Crippen LogP contribution in [0.15, 0.2) is 60.7 Å². The quantitative estimate of drug-likeness (QED) is 0.549. The summed E-state index contributed by atoms with van der Waals surface area (Å²) in [5.74, 6) is 0.143. The van der Waals surface area contributed by atoms with Gasteiger partial charge in [0.1, 0.15) is 18.1 Å². The molecule has 3 rings (SSSR count). The fourth-order valence-electron chi connectivity index (χ4n) is 2.68. The molecule has 1 N–H and O–H groups in total. The average Bonchev–Trinajstić information content (AvgIpc) is 2.76. The number of rotatable bonds is 8. The lowest BCUT2D eigenvalue weighted by Gasteiger charge is -2.12. The van der Waals surface area contributed by atoms with Crippen molar-refractivity contribution in [1.82, 2.24) is 4.98 Å². The summed E-state index contributed by atoms with van der Waals surface area (Å²) in [5.41, 5.74) is 0.905. The van der Waals surface area contributed by atoms with Crippen LogP contribution in [0.5, 0.6) is 17.4 Å². The fourth-order valence-corrected chi connectivity index (χ4v) is 2.68. The van der Waals surface area contributed by atoms with Gasteiger partial charge in [-0.3, -0.25) is 0 Å². The standard InChI is InChI=1S/C22H18F3NO5/c1-29-21-15(12-30-17-7-9-18(10-8-17)31-13-20(27)28)4-11-19(26-21)14-2-5-16(6-3-14)22(23,24)25/h2-11H,12-13H2,1H3,(H,27,28). The summed E-state index contributed by atoms with van der Waals surface area (Å²) in [7, 11) is 1.44. The van der Waals surface area contributed by atoms with Gasteiger partial charge in [0, 0.05) is 5.56 Å². The Morgan fingerprint density at radius 3 is 2.10 bits per heavy atom. The Morgan fingerprint density at radius 2 is 1.55 bits per heavy atom. The molecule has 0 spiro atoms. The van der Waals surface area contributed by atoms with Crippen molar-refractivity contribution in [3.63, 3.8) is 0 Å². The molecule has 0 radical (unpaired) electrons. The number of benzene rings is 2. The molecule has 3 aromatic rings. The van der Waals surface area contributed by atoms with Crippen molar-refractivity contribution in [3.05, 3.63) is 71.8 Å². The van der Waals surface area contributed by atoms with Gasteiger partial charge in [0.15, 0.2) is 6.61 Å². The first-order valence-corrected chi connectivity index (χ1v) is 9.05. The van der Waals surface area contributed by atoms with Gasteiger partial charge < -0.3 is 19.3 Å². The molecule has 0 saturated carbocycles. The molecule has 6 nitrogen and oxygen atoms in total. The molecule has 162 valence electrons. The Hall–Kier alpha value is -3.75. The summed E-state index contributed by atoms with van der Waals surface area (Å²) < 4.78 is 54.2. The minimum absolute atomic E-state index is 0.138. The van der Waals surface area contributed by atoms with Gasteiger partial charge in [0.25, 0.3) is 0 Å². The van der Waals surface area contributed by atoms with E-state index in [1.807, 2.05) is 0 Å². The van der Waals surface area contributed by atoms with E-state index in [1.165, 1.54) is 19.2 Å². The highest BCUT2D eigenvalue weighted by molar-refractivity contribution is 5.68. The van der Waals surface area contributed by atoms with Gasteiger partial charge in [-0.1, -0.05) is 12.1 Å². The number of carboxylic acid groups (broad SMARTS) is 1. The number of pyridine rings is 1. The lowest BCUT2D eigenvalue weighted by Crippen LogP contribution is -2.09. The fraction of sp³-hybridized carbons (Fsp3) is 0.182. The molecule has 1 aromatic heterocycles. The highest BCUT2D eigenvalue weighted by atomic mass is 19.4. The van der Waals surface area contributed by atoms with Crippen LogP contribution in [0, 0.1) is 0 Å². The lowest BCUT2D eigenvalue weighted by atomic mass is 10.1. The average molecular weight is 433 g/mol. The van der Waals surface area contributed by atoms with Crippen molar-refractivity contribution in [1.29, 1.82) is 0 Å². The SMILES string of the molecule is COc1nc(-c2ccc(C(F)(F)F)cc2)ccc1COc1ccc(OCC(=O)O)cc1. The molecule has 1 heterocycles. The third-order valence-corrected chi connectivity index (χ3v) is 4.22. The van der Waals surface area contributed by atoms with Crippen LogP contribution < -0.4 is 14.2 Å². The van der Waals surface area contributed by atoms with Crippen LogP contribution in [0.1, 0.15) is 11.1 Å². The number of halogens is 3. The second-order valence-corrected chi connectivity index (χ2v) is 6.38. The Labute approximate surface area is 175 Å². The first kappa shape index (κ1) is 21.9. The molecule has 0 aliphatic rings. The van der Waals surface area contributed by atoms with E-state index in [-0.39, 0.29) is 6.61 Å². The smallest absolute Gasteiger partial charge is 0.416 e. The maximum atomic E-state index is 12.7. The molecule has 0 bridgehead atoms. The van der Waals surface area contributed by atoms with E-state index in [0.29, 0.717) is 34.2 Å². The monoisotopic (exact) mass is 433 g/mol. The molecule has 0 amide bonds. The second-order valence-electron chi connectivity index (χ2n) is 6.38. The molecule has 0 fully saturated rings. The van der Waals surface area contributed by atoms with Crippen LogP contribution in [-0.2, 0) is 17.6 Å². The number of methoxy groups -OCH3 is 1. The van der Waals surface area contributed by atoms with Crippen LogP contribution in [-0.4, -0.2) is 29.8 Å². The van der Waals surface area contributed by atoms with Gasteiger partial charge in [0.05, 0.1) is 23.9 Å². The van der Waals surface area contributed by atoms with E-state index in [2.05, 4.69) is 4.98 Å². The maximum Gasteiger partial charge on any atom is 0.416 e. The largest absolute Gasteiger partial charge is 0.489 e. The van der Waals surface area contributed by atoms with E-state index < -0.39 is 24.3 Å². The Balaban J connectivity index is 1.68. The molecular weight excluding hydrogens is 415 g/mol. The van der Waals surface area contributed by atoms with Crippen molar-refractivity contribution in [3.8, 4) is 28.6 Å². The van der Waals surface area contributed by atoms with E-state index in [0.717, 1.165) is 12.1 Å². The Bertz CT molecular complexity index is 1030. The summed E-state index contributed by atoms with van der Waals surface area (Å²) >= 11 is 0. The summed E-state index contributed by atoms with van der Waals surface area (Å²) in [6.45, 7) is -0.298. The molecule has 0 aliphatic carbocycles. The predicted molar refractivity (Wildman–Crippen MR) is 105 cm³/mol. The lowest BCUT2D eigenvalue weighted by molar-refractivity contribution is -0.139. The highest BCUT2D eigenvalue weighted by Gasteiger charge is 2.30. The van der Waals surface area contributed by atoms with E-state index >= 15 is 0 Å². The molecule has 31 heavy (non-hydrogen) atoms. The third kappa shape index (κ3) is 5.88. The maximum absolute atomic E-state index is 12.7. The zero-order chi connectivity index (χ0) is 22.4. The van der Waals surface area contributed by atoms with E-state index in [9.17, 15) is 18.0 Å². The zero-order valence-electron chi connectivity index (χ0n) is 16.3. The molecular formula is C22H18F3NO5. The Morgan fingerprint density at radius 1 is 0.935 bits per heavy atom. The van der Waals surface area contributed by atoms with Gasteiger partial charge in [0.2, 0.25) is 5.88 Å². The summed E-state index contributed by atoms with van der Waals surface area (Å²) in [5, 5.41) is 8.61. The van der Waals surface area contributed by atoms with Crippen LogP contribution in [0.3, 0.4) is 0 Å².